The van der Waals surface area contributed by atoms with Crippen molar-refractivity contribution >= 4 is 5.82 Å². The lowest BCUT2D eigenvalue weighted by Crippen LogP contribution is -2.37. The van der Waals surface area contributed by atoms with E-state index in [2.05, 4.69) is 31.5 Å². The Bertz CT molecular complexity index is 689. The Morgan fingerprint density at radius 3 is 2.77 bits per heavy atom. The number of aromatic nitrogens is 3. The molecule has 0 spiro atoms. The maximum Gasteiger partial charge on any atom is 0.133 e. The van der Waals surface area contributed by atoms with Crippen LogP contribution in [0.2, 0.25) is 0 Å². The fraction of sp³-hybridized carbons (Fsp3) is 0.600. The first kappa shape index (κ1) is 17.5. The summed E-state index contributed by atoms with van der Waals surface area (Å²) in [6, 6.07) is 4.19. The lowest BCUT2D eigenvalue weighted by Gasteiger charge is -2.29. The van der Waals surface area contributed by atoms with Crippen molar-refractivity contribution in [1.29, 1.82) is 0 Å². The van der Waals surface area contributed by atoms with Crippen molar-refractivity contribution in [2.45, 2.75) is 51.1 Å². The number of anilines is 1. The fourth-order valence-electron chi connectivity index (χ4n) is 4.17. The van der Waals surface area contributed by atoms with Gasteiger partial charge in [-0.15, -0.1) is 0 Å². The first-order valence-electron chi connectivity index (χ1n) is 9.91. The largest absolute Gasteiger partial charge is 0.378 e. The zero-order valence-corrected chi connectivity index (χ0v) is 15.4. The van der Waals surface area contributed by atoms with E-state index in [1.54, 1.807) is 0 Å². The Balaban J connectivity index is 1.37. The van der Waals surface area contributed by atoms with Gasteiger partial charge in [-0.2, -0.15) is 5.10 Å². The average Bonchev–Trinajstić information content (AvgIpc) is 3.18. The molecule has 0 atom stereocenters. The van der Waals surface area contributed by atoms with Crippen molar-refractivity contribution in [3.8, 4) is 0 Å². The highest BCUT2D eigenvalue weighted by Crippen LogP contribution is 2.33. The molecule has 0 radical (unpaired) electrons. The Labute approximate surface area is 155 Å². The highest BCUT2D eigenvalue weighted by molar-refractivity contribution is 5.47. The first-order valence-corrected chi connectivity index (χ1v) is 9.91. The third-order valence-corrected chi connectivity index (χ3v) is 5.57. The van der Waals surface area contributed by atoms with E-state index in [0.29, 0.717) is 5.92 Å². The number of morpholine rings is 1. The van der Waals surface area contributed by atoms with E-state index in [0.717, 1.165) is 45.2 Å². The van der Waals surface area contributed by atoms with Gasteiger partial charge in [0.15, 0.2) is 0 Å². The van der Waals surface area contributed by atoms with Crippen LogP contribution in [-0.2, 0) is 17.8 Å². The van der Waals surface area contributed by atoms with Crippen LogP contribution in [-0.4, -0.2) is 41.5 Å². The van der Waals surface area contributed by atoms with Crippen LogP contribution in [0.4, 0.5) is 5.82 Å². The summed E-state index contributed by atoms with van der Waals surface area (Å²) in [5.41, 5.74) is 3.91. The number of nitrogens with zero attached hydrogens (tertiary/aromatic N) is 3. The van der Waals surface area contributed by atoms with Crippen LogP contribution < -0.4 is 10.2 Å². The van der Waals surface area contributed by atoms with Gasteiger partial charge >= 0.3 is 0 Å². The van der Waals surface area contributed by atoms with Crippen LogP contribution in [0.1, 0.15) is 54.8 Å². The van der Waals surface area contributed by atoms with Crippen LogP contribution in [0.15, 0.2) is 24.5 Å². The lowest BCUT2D eigenvalue weighted by molar-refractivity contribution is 0.122. The monoisotopic (exact) mass is 355 g/mol. The third kappa shape index (κ3) is 4.07. The van der Waals surface area contributed by atoms with Crippen LogP contribution >= 0.6 is 0 Å². The third-order valence-electron chi connectivity index (χ3n) is 5.57. The van der Waals surface area contributed by atoms with E-state index in [1.165, 1.54) is 48.9 Å². The summed E-state index contributed by atoms with van der Waals surface area (Å²) in [6.07, 6.45) is 10.5. The number of hydrogen-bond donors (Lipinski definition) is 2. The molecule has 1 aliphatic heterocycles. The van der Waals surface area contributed by atoms with E-state index in [-0.39, 0.29) is 0 Å². The number of rotatable bonds is 6. The summed E-state index contributed by atoms with van der Waals surface area (Å²) in [5, 5.41) is 11.2. The van der Waals surface area contributed by atoms with Gasteiger partial charge in [0.1, 0.15) is 5.82 Å². The predicted octanol–water partition coefficient (Wildman–Crippen LogP) is 2.98. The second-order valence-electron chi connectivity index (χ2n) is 7.33. The molecule has 6 heteroatoms. The fourth-order valence-corrected chi connectivity index (χ4v) is 4.17. The van der Waals surface area contributed by atoms with Gasteiger partial charge in [-0.1, -0.05) is 25.3 Å². The highest BCUT2D eigenvalue weighted by atomic mass is 16.5. The van der Waals surface area contributed by atoms with Gasteiger partial charge in [0.2, 0.25) is 0 Å². The molecule has 2 aromatic rings. The number of pyridine rings is 1. The average molecular weight is 355 g/mol. The molecule has 2 fully saturated rings. The van der Waals surface area contributed by atoms with Gasteiger partial charge in [-0.25, -0.2) is 4.98 Å². The van der Waals surface area contributed by atoms with E-state index in [4.69, 9.17) is 4.74 Å². The van der Waals surface area contributed by atoms with Gasteiger partial charge < -0.3 is 15.0 Å². The molecule has 2 N–H and O–H groups in total. The second kappa shape index (κ2) is 8.64. The Morgan fingerprint density at radius 2 is 1.92 bits per heavy atom. The van der Waals surface area contributed by atoms with Gasteiger partial charge in [0.25, 0.3) is 0 Å². The van der Waals surface area contributed by atoms with Crippen molar-refractivity contribution in [3.05, 3.63) is 41.3 Å². The minimum atomic E-state index is 0.658. The molecular formula is C20H29N5O. The standard InChI is InChI=1S/C20H29N5O/c1-2-5-16(6-3-1)19-18(15-23-24-19)14-21-13-17-7-4-8-22-20(17)25-9-11-26-12-10-25/h4,7-8,15-16,21H,1-3,5-6,9-14H2,(H,23,24). The summed E-state index contributed by atoms with van der Waals surface area (Å²) < 4.78 is 5.47. The van der Waals surface area contributed by atoms with E-state index < -0.39 is 0 Å². The van der Waals surface area contributed by atoms with Gasteiger partial charge in [-0.05, 0) is 18.9 Å². The Morgan fingerprint density at radius 1 is 1.12 bits per heavy atom. The Kier molecular flexibility index (Phi) is 5.82. The molecule has 4 rings (SSSR count). The van der Waals surface area contributed by atoms with Crippen molar-refractivity contribution < 1.29 is 4.74 Å². The maximum absolute atomic E-state index is 5.47. The summed E-state index contributed by atoms with van der Waals surface area (Å²) in [7, 11) is 0. The predicted molar refractivity (Wildman–Crippen MR) is 102 cm³/mol. The molecule has 26 heavy (non-hydrogen) atoms. The smallest absolute Gasteiger partial charge is 0.133 e. The van der Waals surface area contributed by atoms with Crippen molar-refractivity contribution in [2.75, 3.05) is 31.2 Å². The molecular weight excluding hydrogens is 326 g/mol. The van der Waals surface area contributed by atoms with E-state index in [1.807, 2.05) is 18.5 Å². The number of hydrogen-bond acceptors (Lipinski definition) is 5. The number of ether oxygens (including phenoxy) is 1. The zero-order valence-electron chi connectivity index (χ0n) is 15.4. The van der Waals surface area contributed by atoms with E-state index in [9.17, 15) is 0 Å². The van der Waals surface area contributed by atoms with Gasteiger partial charge in [0, 0.05) is 55.1 Å². The molecule has 3 heterocycles. The SMILES string of the molecule is c1cnc(N2CCOCC2)c(CNCc2cn[nH]c2C2CCCCC2)c1. The molecule has 0 amide bonds. The second-order valence-corrected chi connectivity index (χ2v) is 7.33. The molecule has 1 saturated carbocycles. The molecule has 1 aliphatic carbocycles. The first-order chi connectivity index (χ1) is 12.9. The van der Waals surface area contributed by atoms with Crippen molar-refractivity contribution in [3.63, 3.8) is 0 Å². The molecule has 6 nitrogen and oxygen atoms in total. The van der Waals surface area contributed by atoms with Crippen LogP contribution in [0, 0.1) is 0 Å². The molecule has 0 aromatic carbocycles. The van der Waals surface area contributed by atoms with E-state index >= 15 is 0 Å². The molecule has 0 bridgehead atoms. The number of aromatic amines is 1. The molecule has 2 aliphatic rings. The summed E-state index contributed by atoms with van der Waals surface area (Å²) in [5.74, 6) is 1.74. The van der Waals surface area contributed by atoms with Crippen molar-refractivity contribution in [2.24, 2.45) is 0 Å². The quantitative estimate of drug-likeness (QED) is 0.834. The molecule has 0 unspecified atom stereocenters. The zero-order chi connectivity index (χ0) is 17.6. The summed E-state index contributed by atoms with van der Waals surface area (Å²) in [6.45, 7) is 5.05. The highest BCUT2D eigenvalue weighted by Gasteiger charge is 2.20. The van der Waals surface area contributed by atoms with Gasteiger partial charge in [0.05, 0.1) is 19.4 Å². The molecule has 1 saturated heterocycles. The topological polar surface area (TPSA) is 66.1 Å². The summed E-state index contributed by atoms with van der Waals surface area (Å²) >= 11 is 0. The number of nitrogens with one attached hydrogen (secondary N) is 2. The van der Waals surface area contributed by atoms with Gasteiger partial charge in [-0.3, -0.25) is 5.10 Å². The Hall–Kier alpha value is -1.92. The normalized spacial score (nSPS) is 19.0. The van der Waals surface area contributed by atoms with Crippen LogP contribution in [0.25, 0.3) is 0 Å². The summed E-state index contributed by atoms with van der Waals surface area (Å²) in [4.78, 5) is 6.95. The van der Waals surface area contributed by atoms with Crippen molar-refractivity contribution in [1.82, 2.24) is 20.5 Å². The maximum atomic E-state index is 5.47. The molecule has 140 valence electrons. The number of H-pyrrole nitrogens is 1. The molecule has 2 aromatic heterocycles. The van der Waals surface area contributed by atoms with Crippen LogP contribution in [0.3, 0.4) is 0 Å². The minimum absolute atomic E-state index is 0.658. The van der Waals surface area contributed by atoms with Crippen LogP contribution in [0.5, 0.6) is 0 Å². The minimum Gasteiger partial charge on any atom is -0.378 e. The lowest BCUT2D eigenvalue weighted by atomic mass is 9.85.